The second-order valence-electron chi connectivity index (χ2n) is 5.21. The van der Waals surface area contributed by atoms with Crippen molar-refractivity contribution in [3.63, 3.8) is 0 Å². The number of nitrogens with zero attached hydrogens (tertiary/aromatic N) is 2. The Kier molecular flexibility index (Phi) is 3.60. The van der Waals surface area contributed by atoms with Crippen LogP contribution < -0.4 is 10.1 Å². The molecule has 0 saturated carbocycles. The second-order valence-corrected chi connectivity index (χ2v) is 6.51. The van der Waals surface area contributed by atoms with E-state index in [-0.39, 0.29) is 6.04 Å². The van der Waals surface area contributed by atoms with E-state index in [9.17, 15) is 0 Å². The molecule has 0 aliphatic carbocycles. The van der Waals surface area contributed by atoms with Gasteiger partial charge in [0.2, 0.25) is 0 Å². The van der Waals surface area contributed by atoms with Crippen molar-refractivity contribution in [1.82, 2.24) is 9.97 Å². The molecule has 1 N–H and O–H groups in total. The van der Waals surface area contributed by atoms with Crippen LogP contribution in [0.1, 0.15) is 24.4 Å². The molecule has 112 valence electrons. The minimum atomic E-state index is 0.134. The summed E-state index contributed by atoms with van der Waals surface area (Å²) < 4.78 is 5.82. The molecule has 1 aliphatic rings. The van der Waals surface area contributed by atoms with Gasteiger partial charge < -0.3 is 10.1 Å². The van der Waals surface area contributed by atoms with Crippen LogP contribution in [0.2, 0.25) is 5.02 Å². The number of hydrogen-bond acceptors (Lipinski definition) is 5. The summed E-state index contributed by atoms with van der Waals surface area (Å²) >= 11 is 7.90. The number of hydrogen-bond donors (Lipinski definition) is 1. The quantitative estimate of drug-likeness (QED) is 0.741. The number of halogens is 1. The highest BCUT2D eigenvalue weighted by Crippen LogP contribution is 2.39. The number of benzene rings is 1. The molecule has 0 fully saturated rings. The predicted octanol–water partition coefficient (Wildman–Crippen LogP) is 4.67. The van der Waals surface area contributed by atoms with E-state index in [0.29, 0.717) is 11.6 Å². The fourth-order valence-corrected chi connectivity index (χ4v) is 3.76. The molecule has 22 heavy (non-hydrogen) atoms. The Balaban J connectivity index is 1.74. The van der Waals surface area contributed by atoms with Crippen LogP contribution in [0.4, 0.5) is 5.82 Å². The Hall–Kier alpha value is -1.85. The van der Waals surface area contributed by atoms with Gasteiger partial charge in [-0.05, 0) is 30.4 Å². The van der Waals surface area contributed by atoms with E-state index in [1.54, 1.807) is 17.7 Å². The summed E-state index contributed by atoms with van der Waals surface area (Å²) in [6.45, 7) is 0.687. The van der Waals surface area contributed by atoms with Crippen LogP contribution in [0.15, 0.2) is 36.0 Å². The minimum Gasteiger partial charge on any atom is -0.492 e. The van der Waals surface area contributed by atoms with Crippen molar-refractivity contribution in [2.45, 2.75) is 18.9 Å². The van der Waals surface area contributed by atoms with Crippen LogP contribution in [0, 0.1) is 0 Å². The molecule has 1 aromatic carbocycles. The minimum absolute atomic E-state index is 0.134. The van der Waals surface area contributed by atoms with Gasteiger partial charge in [0.15, 0.2) is 0 Å². The maximum Gasteiger partial charge on any atom is 0.143 e. The van der Waals surface area contributed by atoms with Gasteiger partial charge in [0.25, 0.3) is 0 Å². The van der Waals surface area contributed by atoms with Crippen LogP contribution in [0.3, 0.4) is 0 Å². The fourth-order valence-electron chi connectivity index (χ4n) is 2.79. The SMILES string of the molecule is Clc1cccc2c1OCCCC2Nc1ncnc2sccc12. The third-order valence-corrected chi connectivity index (χ3v) is 4.95. The summed E-state index contributed by atoms with van der Waals surface area (Å²) in [5.74, 6) is 1.65. The number of anilines is 1. The smallest absolute Gasteiger partial charge is 0.143 e. The first-order valence-electron chi connectivity index (χ1n) is 7.19. The molecule has 1 atom stereocenters. The largest absolute Gasteiger partial charge is 0.492 e. The van der Waals surface area contributed by atoms with Crippen LogP contribution >= 0.6 is 22.9 Å². The third-order valence-electron chi connectivity index (χ3n) is 3.83. The summed E-state index contributed by atoms with van der Waals surface area (Å²) in [6, 6.07) is 8.08. The van der Waals surface area contributed by atoms with Gasteiger partial charge in [-0.1, -0.05) is 23.7 Å². The molecule has 0 spiro atoms. The van der Waals surface area contributed by atoms with Crippen LogP contribution in [0.5, 0.6) is 5.75 Å². The standard InChI is InChI=1S/C16H14ClN3OS/c17-12-4-1-3-10-13(5-2-7-21-14(10)12)20-15-11-6-8-22-16(11)19-9-18-15/h1,3-4,6,8-9,13H,2,5,7H2,(H,18,19,20). The summed E-state index contributed by atoms with van der Waals surface area (Å²) in [7, 11) is 0. The first-order chi connectivity index (χ1) is 10.8. The van der Waals surface area contributed by atoms with Crippen molar-refractivity contribution in [3.05, 3.63) is 46.6 Å². The van der Waals surface area contributed by atoms with Crippen LogP contribution in [0.25, 0.3) is 10.2 Å². The Morgan fingerprint density at radius 1 is 1.27 bits per heavy atom. The van der Waals surface area contributed by atoms with E-state index in [1.165, 1.54) is 0 Å². The van der Waals surface area contributed by atoms with Gasteiger partial charge in [-0.3, -0.25) is 0 Å². The lowest BCUT2D eigenvalue weighted by Crippen LogP contribution is -2.11. The molecule has 3 heterocycles. The van der Waals surface area contributed by atoms with E-state index >= 15 is 0 Å². The topological polar surface area (TPSA) is 47.0 Å². The molecule has 0 radical (unpaired) electrons. The van der Waals surface area contributed by atoms with Crippen molar-refractivity contribution < 1.29 is 4.74 Å². The van der Waals surface area contributed by atoms with Crippen molar-refractivity contribution >= 4 is 39.0 Å². The Labute approximate surface area is 137 Å². The lowest BCUT2D eigenvalue weighted by atomic mass is 10.0. The molecule has 4 nitrogen and oxygen atoms in total. The summed E-state index contributed by atoms with van der Waals surface area (Å²) in [5.41, 5.74) is 1.09. The summed E-state index contributed by atoms with van der Waals surface area (Å²) in [5, 5.41) is 7.30. The van der Waals surface area contributed by atoms with Crippen LogP contribution in [-0.2, 0) is 0 Å². The van der Waals surface area contributed by atoms with Gasteiger partial charge >= 0.3 is 0 Å². The first-order valence-corrected chi connectivity index (χ1v) is 8.44. The zero-order valence-electron chi connectivity index (χ0n) is 11.8. The number of thiophene rings is 1. The third kappa shape index (κ3) is 2.40. The van der Waals surface area contributed by atoms with Crippen molar-refractivity contribution in [3.8, 4) is 5.75 Å². The van der Waals surface area contributed by atoms with Crippen molar-refractivity contribution in [1.29, 1.82) is 0 Å². The molecule has 1 aliphatic heterocycles. The number of aromatic nitrogens is 2. The Bertz CT molecular complexity index is 820. The number of nitrogens with one attached hydrogen (secondary N) is 1. The normalized spacial score (nSPS) is 17.6. The Morgan fingerprint density at radius 3 is 3.18 bits per heavy atom. The van der Waals surface area contributed by atoms with Gasteiger partial charge in [-0.15, -0.1) is 11.3 Å². The molecule has 4 rings (SSSR count). The van der Waals surface area contributed by atoms with Gasteiger partial charge in [0, 0.05) is 5.56 Å². The molecule has 0 bridgehead atoms. The van der Waals surface area contributed by atoms with E-state index in [4.69, 9.17) is 16.3 Å². The fraction of sp³-hybridized carbons (Fsp3) is 0.250. The van der Waals surface area contributed by atoms with Crippen molar-refractivity contribution in [2.24, 2.45) is 0 Å². The highest BCUT2D eigenvalue weighted by molar-refractivity contribution is 7.16. The maximum atomic E-state index is 6.28. The van der Waals surface area contributed by atoms with Gasteiger partial charge in [-0.2, -0.15) is 0 Å². The van der Waals surface area contributed by atoms with Gasteiger partial charge in [-0.25, -0.2) is 9.97 Å². The average Bonchev–Trinajstić information content (AvgIpc) is 2.92. The number of fused-ring (bicyclic) bond motifs is 2. The van der Waals surface area contributed by atoms with E-state index < -0.39 is 0 Å². The lowest BCUT2D eigenvalue weighted by molar-refractivity contribution is 0.316. The molecule has 2 aromatic heterocycles. The summed E-state index contributed by atoms with van der Waals surface area (Å²) in [4.78, 5) is 9.70. The second kappa shape index (κ2) is 5.74. The Morgan fingerprint density at radius 2 is 2.23 bits per heavy atom. The van der Waals surface area contributed by atoms with E-state index in [1.807, 2.05) is 17.5 Å². The summed E-state index contributed by atoms with van der Waals surface area (Å²) in [6.07, 6.45) is 3.55. The predicted molar refractivity (Wildman–Crippen MR) is 90.0 cm³/mol. The highest BCUT2D eigenvalue weighted by Gasteiger charge is 2.22. The van der Waals surface area contributed by atoms with E-state index in [2.05, 4.69) is 27.4 Å². The van der Waals surface area contributed by atoms with Gasteiger partial charge in [0.1, 0.15) is 22.7 Å². The monoisotopic (exact) mass is 331 g/mol. The maximum absolute atomic E-state index is 6.28. The first kappa shape index (κ1) is 13.8. The van der Waals surface area contributed by atoms with Gasteiger partial charge in [0.05, 0.1) is 23.1 Å². The molecule has 6 heteroatoms. The molecular formula is C16H14ClN3OS. The molecule has 0 amide bonds. The van der Waals surface area contributed by atoms with Crippen molar-refractivity contribution in [2.75, 3.05) is 11.9 Å². The van der Waals surface area contributed by atoms with E-state index in [0.717, 1.165) is 40.2 Å². The average molecular weight is 332 g/mol. The molecule has 0 saturated heterocycles. The number of ether oxygens (including phenoxy) is 1. The lowest BCUT2D eigenvalue weighted by Gasteiger charge is -2.19. The number of para-hydroxylation sites is 1. The highest BCUT2D eigenvalue weighted by atomic mass is 35.5. The molecule has 3 aromatic rings. The zero-order valence-corrected chi connectivity index (χ0v) is 13.3. The zero-order chi connectivity index (χ0) is 14.9. The molecular weight excluding hydrogens is 318 g/mol. The molecule has 1 unspecified atom stereocenters. The number of rotatable bonds is 2. The van der Waals surface area contributed by atoms with Crippen LogP contribution in [-0.4, -0.2) is 16.6 Å².